The molecule has 0 aromatic heterocycles. The predicted octanol–water partition coefficient (Wildman–Crippen LogP) is -1.47. The van der Waals surface area contributed by atoms with E-state index in [0.717, 1.165) is 0 Å². The SMILES string of the molecule is O=C(O)CCC(=O)O.O=C1O[C@H]([C@@H](O)CO)C(O)=C1O.[Fe]. The molecular weight excluding hydrogens is 336 g/mol. The number of carbonyl (C=O) groups excluding carboxylic acids is 1. The maximum absolute atomic E-state index is 10.5. The number of carbonyl (C=O) groups is 3. The van der Waals surface area contributed by atoms with Gasteiger partial charge in [-0.3, -0.25) is 9.59 Å². The smallest absolute Gasteiger partial charge is 0.377 e. The van der Waals surface area contributed by atoms with E-state index in [4.69, 9.17) is 30.6 Å². The average molecular weight is 350 g/mol. The van der Waals surface area contributed by atoms with Crippen molar-refractivity contribution in [3.8, 4) is 0 Å². The third-order valence-corrected chi connectivity index (χ3v) is 2.03. The maximum atomic E-state index is 10.5. The molecule has 0 unspecified atom stereocenters. The molecule has 2 atom stereocenters. The molecule has 10 nitrogen and oxygen atoms in total. The molecule has 1 heterocycles. The quantitative estimate of drug-likeness (QED) is 0.253. The second kappa shape index (κ2) is 9.99. The zero-order chi connectivity index (χ0) is 15.9. The normalized spacial score (nSPS) is 18.0. The number of carboxylic acids is 2. The van der Waals surface area contributed by atoms with E-state index in [0.29, 0.717) is 0 Å². The van der Waals surface area contributed by atoms with E-state index in [1.165, 1.54) is 0 Å². The van der Waals surface area contributed by atoms with Gasteiger partial charge in [0.15, 0.2) is 11.9 Å². The molecule has 0 saturated carbocycles. The molecule has 1 rings (SSSR count). The van der Waals surface area contributed by atoms with E-state index in [1.807, 2.05) is 0 Å². The van der Waals surface area contributed by atoms with Gasteiger partial charge in [0.25, 0.3) is 0 Å². The van der Waals surface area contributed by atoms with Crippen LogP contribution in [0.5, 0.6) is 0 Å². The summed E-state index contributed by atoms with van der Waals surface area (Å²) in [6.07, 6.45) is -3.37. The number of esters is 1. The number of carboxylic acid groups (broad SMARTS) is 2. The zero-order valence-electron chi connectivity index (χ0n) is 10.4. The standard InChI is InChI=1S/C6H8O6.C4H6O4.Fe/c7-1-2(8)5-3(9)4(10)6(11)12-5;5-3(6)1-2-4(7)8;/h2,5,7-10H,1H2;1-2H2,(H,5,6)(H,7,8);/t2-,5+;;/m0../s1. The first-order valence-corrected chi connectivity index (χ1v) is 5.26. The molecule has 11 heteroatoms. The van der Waals surface area contributed by atoms with Gasteiger partial charge in [0.2, 0.25) is 5.76 Å². The topological polar surface area (TPSA) is 182 Å². The van der Waals surface area contributed by atoms with Gasteiger partial charge >= 0.3 is 17.9 Å². The maximum Gasteiger partial charge on any atom is 0.377 e. The van der Waals surface area contributed by atoms with Gasteiger partial charge in [-0.25, -0.2) is 4.79 Å². The van der Waals surface area contributed by atoms with Gasteiger partial charge in [0.05, 0.1) is 19.4 Å². The van der Waals surface area contributed by atoms with Crippen molar-refractivity contribution >= 4 is 17.9 Å². The van der Waals surface area contributed by atoms with Crippen molar-refractivity contribution in [3.05, 3.63) is 11.5 Å². The number of aliphatic hydroxyl groups is 4. The number of rotatable bonds is 5. The first-order valence-electron chi connectivity index (χ1n) is 5.26. The molecule has 0 radical (unpaired) electrons. The molecule has 0 aliphatic carbocycles. The molecule has 0 bridgehead atoms. The molecule has 0 spiro atoms. The Balaban J connectivity index is 0. The van der Waals surface area contributed by atoms with Crippen molar-refractivity contribution in [3.63, 3.8) is 0 Å². The Hall–Kier alpha value is -1.81. The number of hydrogen-bond acceptors (Lipinski definition) is 8. The molecule has 122 valence electrons. The molecule has 0 fully saturated rings. The van der Waals surface area contributed by atoms with Crippen LogP contribution in [0.15, 0.2) is 11.5 Å². The molecule has 0 saturated heterocycles. The number of aliphatic carboxylic acids is 2. The number of hydrogen-bond donors (Lipinski definition) is 6. The fourth-order valence-corrected chi connectivity index (χ4v) is 1.04. The molecule has 1 aliphatic heterocycles. The van der Waals surface area contributed by atoms with Gasteiger partial charge in [-0.05, 0) is 0 Å². The summed E-state index contributed by atoms with van der Waals surface area (Å²) in [7, 11) is 0. The van der Waals surface area contributed by atoms with E-state index >= 15 is 0 Å². The van der Waals surface area contributed by atoms with Crippen LogP contribution in [0.1, 0.15) is 12.8 Å². The third kappa shape index (κ3) is 7.51. The van der Waals surface area contributed by atoms with Crippen LogP contribution in [0.3, 0.4) is 0 Å². The molecule has 0 aromatic carbocycles. The van der Waals surface area contributed by atoms with Gasteiger partial charge in [0.1, 0.15) is 6.10 Å². The Morgan fingerprint density at radius 3 is 1.81 bits per heavy atom. The van der Waals surface area contributed by atoms with Gasteiger partial charge in [-0.15, -0.1) is 0 Å². The minimum atomic E-state index is -1.42. The van der Waals surface area contributed by atoms with Gasteiger partial charge in [0, 0.05) is 17.1 Å². The first kappa shape index (κ1) is 21.5. The number of aliphatic hydroxyl groups excluding tert-OH is 4. The van der Waals surface area contributed by atoms with Crippen LogP contribution in [-0.4, -0.2) is 67.4 Å². The van der Waals surface area contributed by atoms with E-state index in [2.05, 4.69) is 4.74 Å². The fraction of sp³-hybridized carbons (Fsp3) is 0.500. The summed E-state index contributed by atoms with van der Waals surface area (Å²) < 4.78 is 4.32. The van der Waals surface area contributed by atoms with Crippen LogP contribution in [0, 0.1) is 0 Å². The van der Waals surface area contributed by atoms with Crippen LogP contribution < -0.4 is 0 Å². The van der Waals surface area contributed by atoms with Crippen molar-refractivity contribution in [2.75, 3.05) is 6.61 Å². The Bertz CT molecular complexity index is 404. The molecule has 21 heavy (non-hydrogen) atoms. The summed E-state index contributed by atoms with van der Waals surface area (Å²) in [5, 5.41) is 50.8. The van der Waals surface area contributed by atoms with Crippen molar-refractivity contribution in [2.24, 2.45) is 0 Å². The summed E-state index contributed by atoms with van der Waals surface area (Å²) in [5.41, 5.74) is 0. The molecule has 6 N–H and O–H groups in total. The molecule has 1 aliphatic rings. The fourth-order valence-electron chi connectivity index (χ4n) is 1.04. The summed E-state index contributed by atoms with van der Waals surface area (Å²) in [6.45, 7) is -0.671. The van der Waals surface area contributed by atoms with Crippen LogP contribution >= 0.6 is 0 Å². The van der Waals surface area contributed by atoms with Crippen molar-refractivity contribution in [1.82, 2.24) is 0 Å². The Morgan fingerprint density at radius 2 is 1.57 bits per heavy atom. The van der Waals surface area contributed by atoms with E-state index < -0.39 is 48.2 Å². The second-order valence-electron chi connectivity index (χ2n) is 3.60. The molecular formula is C10H14FeO10. The number of cyclic esters (lactones) is 1. The largest absolute Gasteiger partial charge is 0.505 e. The summed E-state index contributed by atoms with van der Waals surface area (Å²) in [5.74, 6) is -4.93. The second-order valence-corrected chi connectivity index (χ2v) is 3.60. The summed E-state index contributed by atoms with van der Waals surface area (Å²) in [4.78, 5) is 29.8. The number of ether oxygens (including phenoxy) is 1. The monoisotopic (exact) mass is 350 g/mol. The average Bonchev–Trinajstić information content (AvgIpc) is 2.64. The summed E-state index contributed by atoms with van der Waals surface area (Å²) >= 11 is 0. The van der Waals surface area contributed by atoms with Gasteiger partial charge in [-0.2, -0.15) is 0 Å². The third-order valence-electron chi connectivity index (χ3n) is 2.03. The molecule has 0 amide bonds. The first-order chi connectivity index (χ1) is 9.20. The van der Waals surface area contributed by atoms with Crippen LogP contribution in [-0.2, 0) is 36.2 Å². The van der Waals surface area contributed by atoms with E-state index in [-0.39, 0.29) is 29.9 Å². The Kier molecular flexibility index (Phi) is 10.2. The van der Waals surface area contributed by atoms with Gasteiger partial charge in [-0.1, -0.05) is 0 Å². The van der Waals surface area contributed by atoms with Crippen LogP contribution in [0.25, 0.3) is 0 Å². The molecule has 0 aromatic rings. The van der Waals surface area contributed by atoms with Gasteiger partial charge < -0.3 is 35.4 Å². The van der Waals surface area contributed by atoms with Crippen molar-refractivity contribution < 1.29 is 66.8 Å². The Morgan fingerprint density at radius 1 is 1.14 bits per heavy atom. The Labute approximate surface area is 128 Å². The van der Waals surface area contributed by atoms with Crippen molar-refractivity contribution in [2.45, 2.75) is 25.0 Å². The zero-order valence-corrected chi connectivity index (χ0v) is 11.6. The minimum Gasteiger partial charge on any atom is -0.505 e. The minimum absolute atomic E-state index is 0. The van der Waals surface area contributed by atoms with Crippen LogP contribution in [0.2, 0.25) is 0 Å². The summed E-state index contributed by atoms with van der Waals surface area (Å²) in [6, 6.07) is 0. The van der Waals surface area contributed by atoms with Crippen molar-refractivity contribution in [1.29, 1.82) is 0 Å². The van der Waals surface area contributed by atoms with Crippen LogP contribution in [0.4, 0.5) is 0 Å². The van der Waals surface area contributed by atoms with E-state index in [1.54, 1.807) is 0 Å². The van der Waals surface area contributed by atoms with E-state index in [9.17, 15) is 14.4 Å². The predicted molar refractivity (Wildman–Crippen MR) is 59.8 cm³/mol.